The fourth-order valence-corrected chi connectivity index (χ4v) is 3.15. The van der Waals surface area contributed by atoms with Crippen LogP contribution in [0, 0.1) is 0 Å². The molecule has 0 unspecified atom stereocenters. The largest absolute Gasteiger partial charge is 0.481 e. The molecule has 4 nitrogen and oxygen atoms in total. The van der Waals surface area contributed by atoms with Gasteiger partial charge >= 0.3 is 5.97 Å². The summed E-state index contributed by atoms with van der Waals surface area (Å²) in [6.45, 7) is 0.755. The minimum atomic E-state index is -0.857. The standard InChI is InChI=1S/C17H14N2O2S/c20-16(21)10-14-12-22-17(18-14)15-7-3-2-6-13(15)11-19-8-4-1-5-9-19/h1-9,12H,10-11H2/p+1. The Labute approximate surface area is 132 Å². The van der Waals surface area contributed by atoms with Gasteiger partial charge in [0.15, 0.2) is 18.9 Å². The van der Waals surface area contributed by atoms with Crippen LogP contribution in [-0.4, -0.2) is 16.1 Å². The Bertz CT molecular complexity index is 784. The average Bonchev–Trinajstić information content (AvgIpc) is 2.96. The van der Waals surface area contributed by atoms with Gasteiger partial charge < -0.3 is 5.11 Å². The molecule has 5 heteroatoms. The summed E-state index contributed by atoms with van der Waals surface area (Å²) in [7, 11) is 0. The predicted molar refractivity (Wildman–Crippen MR) is 84.6 cm³/mol. The maximum absolute atomic E-state index is 10.8. The Kier molecular flexibility index (Phi) is 4.25. The van der Waals surface area contributed by atoms with E-state index < -0.39 is 5.97 Å². The number of rotatable bonds is 5. The number of hydrogen-bond acceptors (Lipinski definition) is 3. The normalized spacial score (nSPS) is 10.5. The third kappa shape index (κ3) is 3.38. The van der Waals surface area contributed by atoms with E-state index in [1.54, 1.807) is 0 Å². The fourth-order valence-electron chi connectivity index (χ4n) is 2.27. The number of aromatic nitrogens is 2. The highest BCUT2D eigenvalue weighted by atomic mass is 32.1. The number of pyridine rings is 1. The van der Waals surface area contributed by atoms with Gasteiger partial charge in [0, 0.05) is 28.6 Å². The number of aliphatic carboxylic acids is 1. The molecule has 22 heavy (non-hydrogen) atoms. The Hall–Kier alpha value is -2.53. The fraction of sp³-hybridized carbons (Fsp3) is 0.118. The van der Waals surface area contributed by atoms with Crippen molar-refractivity contribution in [3.05, 3.63) is 71.5 Å². The van der Waals surface area contributed by atoms with Crippen molar-refractivity contribution in [3.8, 4) is 10.6 Å². The van der Waals surface area contributed by atoms with E-state index in [-0.39, 0.29) is 6.42 Å². The van der Waals surface area contributed by atoms with Gasteiger partial charge in [-0.15, -0.1) is 11.3 Å². The molecule has 0 spiro atoms. The molecule has 2 heterocycles. The van der Waals surface area contributed by atoms with Crippen LogP contribution in [0.15, 0.2) is 60.2 Å². The van der Waals surface area contributed by atoms with Gasteiger partial charge in [-0.2, -0.15) is 0 Å². The van der Waals surface area contributed by atoms with E-state index in [4.69, 9.17) is 5.11 Å². The summed E-state index contributed by atoms with van der Waals surface area (Å²) in [4.78, 5) is 15.2. The first kappa shape index (κ1) is 14.4. The van der Waals surface area contributed by atoms with Gasteiger partial charge in [-0.25, -0.2) is 9.55 Å². The molecule has 0 atom stereocenters. The van der Waals surface area contributed by atoms with Crippen molar-refractivity contribution in [3.63, 3.8) is 0 Å². The lowest BCUT2D eigenvalue weighted by atomic mass is 10.1. The minimum Gasteiger partial charge on any atom is -0.481 e. The molecule has 1 aromatic carbocycles. The van der Waals surface area contributed by atoms with Crippen LogP contribution in [0.2, 0.25) is 0 Å². The van der Waals surface area contributed by atoms with Crippen LogP contribution in [0.5, 0.6) is 0 Å². The maximum atomic E-state index is 10.8. The van der Waals surface area contributed by atoms with Crippen LogP contribution in [0.25, 0.3) is 10.6 Å². The SMILES string of the molecule is O=C(O)Cc1csc(-c2ccccc2C[n+]2ccccc2)n1. The molecule has 3 aromatic rings. The highest BCUT2D eigenvalue weighted by Crippen LogP contribution is 2.27. The highest BCUT2D eigenvalue weighted by Gasteiger charge is 2.13. The van der Waals surface area contributed by atoms with Crippen LogP contribution in [-0.2, 0) is 17.8 Å². The van der Waals surface area contributed by atoms with Crippen molar-refractivity contribution in [2.45, 2.75) is 13.0 Å². The smallest absolute Gasteiger partial charge is 0.309 e. The second-order valence-corrected chi connectivity index (χ2v) is 5.78. The van der Waals surface area contributed by atoms with Crippen molar-refractivity contribution < 1.29 is 14.5 Å². The van der Waals surface area contributed by atoms with Crippen molar-refractivity contribution in [2.75, 3.05) is 0 Å². The van der Waals surface area contributed by atoms with Crippen LogP contribution in [0.3, 0.4) is 0 Å². The summed E-state index contributed by atoms with van der Waals surface area (Å²) >= 11 is 1.49. The second-order valence-electron chi connectivity index (χ2n) is 4.92. The molecule has 0 fully saturated rings. The zero-order valence-corrected chi connectivity index (χ0v) is 12.7. The van der Waals surface area contributed by atoms with Crippen LogP contribution in [0.1, 0.15) is 11.3 Å². The molecule has 0 saturated carbocycles. The first-order chi connectivity index (χ1) is 10.7. The second kappa shape index (κ2) is 6.49. The molecule has 0 aliphatic carbocycles. The van der Waals surface area contributed by atoms with E-state index in [9.17, 15) is 4.79 Å². The molecule has 0 amide bonds. The van der Waals surface area contributed by atoms with E-state index in [0.717, 1.165) is 22.7 Å². The zero-order valence-electron chi connectivity index (χ0n) is 11.8. The summed E-state index contributed by atoms with van der Waals surface area (Å²) in [6, 6.07) is 14.1. The first-order valence-electron chi connectivity index (χ1n) is 6.91. The lowest BCUT2D eigenvalue weighted by Crippen LogP contribution is -2.33. The summed E-state index contributed by atoms with van der Waals surface area (Å²) < 4.78 is 2.10. The summed E-state index contributed by atoms with van der Waals surface area (Å²) in [6.07, 6.45) is 4.01. The lowest BCUT2D eigenvalue weighted by molar-refractivity contribution is -0.688. The minimum absolute atomic E-state index is 0.0356. The highest BCUT2D eigenvalue weighted by molar-refractivity contribution is 7.13. The molecule has 0 saturated heterocycles. The van der Waals surface area contributed by atoms with Gasteiger partial charge in [-0.1, -0.05) is 30.3 Å². The van der Waals surface area contributed by atoms with Crippen molar-refractivity contribution >= 4 is 17.3 Å². The maximum Gasteiger partial charge on any atom is 0.309 e. The van der Waals surface area contributed by atoms with Gasteiger partial charge in [0.2, 0.25) is 0 Å². The molecule has 3 rings (SSSR count). The molecule has 0 bridgehead atoms. The molecule has 0 radical (unpaired) electrons. The Morgan fingerprint density at radius 3 is 2.68 bits per heavy atom. The Morgan fingerprint density at radius 2 is 1.91 bits per heavy atom. The van der Waals surface area contributed by atoms with Gasteiger partial charge in [0.1, 0.15) is 5.01 Å². The van der Waals surface area contributed by atoms with Crippen molar-refractivity contribution in [1.82, 2.24) is 4.98 Å². The lowest BCUT2D eigenvalue weighted by Gasteiger charge is -2.04. The number of hydrogen-bond donors (Lipinski definition) is 1. The zero-order chi connectivity index (χ0) is 15.4. The molecule has 0 aliphatic rings. The van der Waals surface area contributed by atoms with Crippen LogP contribution < -0.4 is 4.57 Å². The third-order valence-corrected chi connectivity index (χ3v) is 4.19. The topological polar surface area (TPSA) is 54.1 Å². The van der Waals surface area contributed by atoms with E-state index >= 15 is 0 Å². The summed E-state index contributed by atoms with van der Waals surface area (Å²) in [5.41, 5.74) is 2.82. The van der Waals surface area contributed by atoms with Crippen LogP contribution >= 0.6 is 11.3 Å². The Balaban J connectivity index is 1.91. The number of carboxylic acid groups (broad SMARTS) is 1. The van der Waals surface area contributed by atoms with E-state index in [0.29, 0.717) is 5.69 Å². The van der Waals surface area contributed by atoms with Gasteiger partial charge in [-0.05, 0) is 0 Å². The van der Waals surface area contributed by atoms with Crippen molar-refractivity contribution in [1.29, 1.82) is 0 Å². The molecule has 1 N–H and O–H groups in total. The predicted octanol–water partition coefficient (Wildman–Crippen LogP) is 2.77. The number of benzene rings is 1. The summed E-state index contributed by atoms with van der Waals surface area (Å²) in [5, 5.41) is 11.5. The molecule has 0 aliphatic heterocycles. The Morgan fingerprint density at radius 1 is 1.14 bits per heavy atom. The van der Waals surface area contributed by atoms with E-state index in [1.807, 2.05) is 54.2 Å². The number of thiazole rings is 1. The number of nitrogens with zero attached hydrogens (tertiary/aromatic N) is 2. The molecule has 110 valence electrons. The summed E-state index contributed by atoms with van der Waals surface area (Å²) in [5.74, 6) is -0.857. The van der Waals surface area contributed by atoms with Crippen LogP contribution in [0.4, 0.5) is 0 Å². The average molecular weight is 311 g/mol. The van der Waals surface area contributed by atoms with E-state index in [2.05, 4.69) is 15.6 Å². The van der Waals surface area contributed by atoms with Crippen molar-refractivity contribution in [2.24, 2.45) is 0 Å². The van der Waals surface area contributed by atoms with Gasteiger partial charge in [-0.3, -0.25) is 4.79 Å². The third-order valence-electron chi connectivity index (χ3n) is 3.26. The van der Waals surface area contributed by atoms with Gasteiger partial charge in [0.25, 0.3) is 0 Å². The quantitative estimate of drug-likeness (QED) is 0.737. The van der Waals surface area contributed by atoms with Gasteiger partial charge in [0.05, 0.1) is 12.1 Å². The number of carbonyl (C=O) groups is 1. The monoisotopic (exact) mass is 311 g/mol. The molecular weight excluding hydrogens is 296 g/mol. The van der Waals surface area contributed by atoms with E-state index in [1.165, 1.54) is 11.3 Å². The number of carboxylic acids is 1. The molecular formula is C17H15N2O2S+. The first-order valence-corrected chi connectivity index (χ1v) is 7.79. The molecule has 2 aromatic heterocycles.